The maximum absolute atomic E-state index is 2.40. The molecule has 0 aliphatic carbocycles. The molecule has 0 amide bonds. The van der Waals surface area contributed by atoms with Crippen LogP contribution in [0.2, 0.25) is 0 Å². The summed E-state index contributed by atoms with van der Waals surface area (Å²) in [6, 6.07) is 204. The Kier molecular flexibility index (Phi) is 23.1. The Balaban J connectivity index is 0.000000146. The zero-order valence-corrected chi connectivity index (χ0v) is 83.8. The molecule has 0 saturated heterocycles. The first-order valence-electron chi connectivity index (χ1n) is 50.3. The van der Waals surface area contributed by atoms with Crippen LogP contribution in [0.3, 0.4) is 0 Å². The number of nitrogens with zero attached hydrogens (tertiary/aromatic N) is 4. The molecule has 28 aromatic rings. The molecule has 4 heterocycles. The van der Waals surface area contributed by atoms with E-state index in [0.29, 0.717) is 0 Å². The first-order chi connectivity index (χ1) is 73.4. The summed E-state index contributed by atoms with van der Waals surface area (Å²) < 4.78 is 10.6. The summed E-state index contributed by atoms with van der Waals surface area (Å²) >= 11 is 7.50. The van der Waals surface area contributed by atoms with Crippen molar-refractivity contribution in [2.24, 2.45) is 0 Å². The average molecular weight is 1960 g/mol. The van der Waals surface area contributed by atoms with Crippen molar-refractivity contribution in [3.05, 3.63) is 558 Å². The van der Waals surface area contributed by atoms with Crippen LogP contribution >= 0.6 is 45.3 Å². The molecule has 0 bridgehead atoms. The third kappa shape index (κ3) is 16.6. The number of hydrogen-bond donors (Lipinski definition) is 0. The van der Waals surface area contributed by atoms with Gasteiger partial charge < -0.3 is 19.6 Å². The Morgan fingerprint density at radius 2 is 0.277 bits per heavy atom. The van der Waals surface area contributed by atoms with E-state index in [4.69, 9.17) is 0 Å². The van der Waals surface area contributed by atoms with Crippen LogP contribution in [0.15, 0.2) is 558 Å². The minimum absolute atomic E-state index is 1.09. The molecular weight excluding hydrogens is 1870 g/mol. The van der Waals surface area contributed by atoms with Crippen LogP contribution in [-0.2, 0) is 0 Å². The van der Waals surface area contributed by atoms with Gasteiger partial charge in [-0.25, -0.2) is 0 Å². The highest BCUT2D eigenvalue weighted by Gasteiger charge is 2.25. The molecule has 0 unspecified atom stereocenters. The van der Waals surface area contributed by atoms with Gasteiger partial charge in [0.05, 0.1) is 11.4 Å². The lowest BCUT2D eigenvalue weighted by atomic mass is 10.0. The fraction of sp³-hybridized carbons (Fsp3) is 0. The van der Waals surface area contributed by atoms with Crippen LogP contribution in [0.1, 0.15) is 0 Å². The second-order valence-electron chi connectivity index (χ2n) is 37.7. The van der Waals surface area contributed by atoms with Crippen molar-refractivity contribution >= 4 is 216 Å². The Morgan fingerprint density at radius 1 is 0.108 bits per heavy atom. The van der Waals surface area contributed by atoms with Crippen LogP contribution in [0.4, 0.5) is 68.2 Å². The summed E-state index contributed by atoms with van der Waals surface area (Å²) in [6.07, 6.45) is 0. The van der Waals surface area contributed by atoms with Gasteiger partial charge in [-0.2, -0.15) is 0 Å². The van der Waals surface area contributed by atoms with Crippen LogP contribution in [0, 0.1) is 0 Å². The summed E-state index contributed by atoms with van der Waals surface area (Å²) in [5.41, 5.74) is 32.6. The van der Waals surface area contributed by atoms with Crippen molar-refractivity contribution in [3.8, 4) is 89.0 Å². The van der Waals surface area contributed by atoms with Crippen LogP contribution in [-0.4, -0.2) is 0 Å². The summed E-state index contributed by atoms with van der Waals surface area (Å²) in [7, 11) is 0. The van der Waals surface area contributed by atoms with E-state index in [2.05, 4.69) is 578 Å². The molecule has 4 aromatic heterocycles. The normalized spacial score (nSPS) is 11.5. The Morgan fingerprint density at radius 3 is 0.514 bits per heavy atom. The maximum atomic E-state index is 2.40. The van der Waals surface area contributed by atoms with E-state index < -0.39 is 0 Å². The Bertz CT molecular complexity index is 9260. The molecule has 24 aromatic carbocycles. The van der Waals surface area contributed by atoms with Crippen LogP contribution in [0.25, 0.3) is 191 Å². The van der Waals surface area contributed by atoms with E-state index in [1.165, 1.54) is 169 Å². The molecular formula is C140H92N4S4. The topological polar surface area (TPSA) is 13.0 Å². The lowest BCUT2D eigenvalue weighted by Crippen LogP contribution is -2.10. The number of hydrogen-bond acceptors (Lipinski definition) is 8. The lowest BCUT2D eigenvalue weighted by Gasteiger charge is -2.28. The van der Waals surface area contributed by atoms with E-state index in [1.54, 1.807) is 0 Å². The van der Waals surface area contributed by atoms with Crippen molar-refractivity contribution in [2.75, 3.05) is 19.6 Å². The van der Waals surface area contributed by atoms with E-state index >= 15 is 0 Å². The van der Waals surface area contributed by atoms with Gasteiger partial charge in [0, 0.05) is 148 Å². The number of benzene rings is 24. The third-order valence-corrected chi connectivity index (χ3v) is 33.9. The quantitative estimate of drug-likeness (QED) is 0.0754. The molecule has 148 heavy (non-hydrogen) atoms. The fourth-order valence-electron chi connectivity index (χ4n) is 21.7. The minimum atomic E-state index is 1.09. The zero-order valence-electron chi connectivity index (χ0n) is 80.5. The first-order valence-corrected chi connectivity index (χ1v) is 53.5. The summed E-state index contributed by atoms with van der Waals surface area (Å²) in [6.45, 7) is 0. The van der Waals surface area contributed by atoms with Crippen molar-refractivity contribution < 1.29 is 0 Å². The van der Waals surface area contributed by atoms with Gasteiger partial charge >= 0.3 is 0 Å². The molecule has 4 nitrogen and oxygen atoms in total. The second kappa shape index (κ2) is 38.5. The minimum Gasteiger partial charge on any atom is -0.311 e. The van der Waals surface area contributed by atoms with Gasteiger partial charge in [0.25, 0.3) is 0 Å². The third-order valence-electron chi connectivity index (χ3n) is 29.0. The van der Waals surface area contributed by atoms with Gasteiger partial charge in [-0.05, 0) is 258 Å². The molecule has 696 valence electrons. The van der Waals surface area contributed by atoms with Crippen molar-refractivity contribution in [1.29, 1.82) is 0 Å². The molecule has 28 rings (SSSR count). The van der Waals surface area contributed by atoms with E-state index in [-0.39, 0.29) is 0 Å². The predicted octanol–water partition coefficient (Wildman–Crippen LogP) is 42.4. The number of fused-ring (bicyclic) bond motifs is 14. The maximum Gasteiger partial charge on any atom is 0.0540 e. The van der Waals surface area contributed by atoms with Gasteiger partial charge in [0.2, 0.25) is 0 Å². The smallest absolute Gasteiger partial charge is 0.0540 e. The fourth-order valence-corrected chi connectivity index (χ4v) is 26.6. The standard InChI is InChI=1S/C72H48N2S2.C68H44N2S2/c1-3-13-49(14-4-1)51-25-37-57(38-26-51)73(58-39-27-52(28-40-58)50-15-5-2-6-16-50)59-41-29-53(30-42-59)54-31-43-60(44-32-54)74(61-45-33-55(34-46-61)63-19-11-21-67-65-17-7-9-23-69(65)75-71(63)67)62-47-35-56(36-48-62)64-20-12-22-68-66-18-8-10-24-70(66)76-72(64)68;1-3-17-55-47(13-1)15-9-25-63(55)69(53-41-33-49(34-42-53)57-21-11-23-61-59-19-5-7-27-65(59)71-67(57)61)51-37-29-45(30-38-51)46-31-39-52(40-32-46)70(64-26-10-16-48-14-2-4-18-56(48)64)54-43-35-50(36-44-54)58-22-12-24-62-60-20-6-8-28-66(60)72-68(58)62/h1-48H;1-44H. The number of rotatable bonds is 20. The molecule has 8 heteroatoms. The Hall–Kier alpha value is -18.1. The van der Waals surface area contributed by atoms with Gasteiger partial charge in [0.15, 0.2) is 0 Å². The van der Waals surface area contributed by atoms with E-state index in [1.807, 2.05) is 45.3 Å². The Labute approximate surface area is 875 Å². The van der Waals surface area contributed by atoms with Crippen molar-refractivity contribution in [1.82, 2.24) is 0 Å². The molecule has 0 spiro atoms. The summed E-state index contributed by atoms with van der Waals surface area (Å²) in [5.74, 6) is 0. The highest BCUT2D eigenvalue weighted by atomic mass is 32.1. The average Bonchev–Trinajstić information content (AvgIpc) is 1.55. The van der Waals surface area contributed by atoms with Crippen molar-refractivity contribution in [2.45, 2.75) is 0 Å². The summed E-state index contributed by atoms with van der Waals surface area (Å²) in [5, 5.41) is 15.4. The molecule has 0 aliphatic rings. The number of thiophene rings is 4. The van der Waals surface area contributed by atoms with Crippen LogP contribution < -0.4 is 19.6 Å². The number of anilines is 12. The molecule has 0 saturated carbocycles. The van der Waals surface area contributed by atoms with Gasteiger partial charge in [0.1, 0.15) is 0 Å². The largest absolute Gasteiger partial charge is 0.311 e. The highest BCUT2D eigenvalue weighted by Crippen LogP contribution is 2.51. The van der Waals surface area contributed by atoms with Gasteiger partial charge in [-0.1, -0.05) is 400 Å². The second-order valence-corrected chi connectivity index (χ2v) is 41.9. The highest BCUT2D eigenvalue weighted by molar-refractivity contribution is 7.27. The van der Waals surface area contributed by atoms with E-state index in [9.17, 15) is 0 Å². The molecule has 0 fully saturated rings. The van der Waals surface area contributed by atoms with Gasteiger partial charge in [-0.3, -0.25) is 0 Å². The van der Waals surface area contributed by atoms with Gasteiger partial charge in [-0.15, -0.1) is 45.3 Å². The van der Waals surface area contributed by atoms with E-state index in [0.717, 1.165) is 90.5 Å². The molecule has 0 aliphatic heterocycles. The predicted molar refractivity (Wildman–Crippen MR) is 642 cm³/mol. The summed E-state index contributed by atoms with van der Waals surface area (Å²) in [4.78, 5) is 9.52. The molecule has 0 radical (unpaired) electrons. The van der Waals surface area contributed by atoms with Crippen molar-refractivity contribution in [3.63, 3.8) is 0 Å². The molecule has 0 atom stereocenters. The lowest BCUT2D eigenvalue weighted by molar-refractivity contribution is 1.28. The SMILES string of the molecule is c1ccc(-c2ccc(N(c3ccc(-c4ccccc4)cc3)c3ccc(-c4ccc(N(c5ccc(-c6cccc7c6sc6ccccc67)cc5)c5ccc(-c6cccc7c6sc6ccccc67)cc5)cc4)cc3)cc2)cc1.c1ccc2c(N(c3ccc(-c4ccc(N(c5ccc(-c6cccc7c6sc6ccccc67)cc5)c5cccc6ccccc56)cc4)cc3)c3ccc(-c4cccc5c4sc4ccccc45)cc3)cccc2c1. The zero-order chi connectivity index (χ0) is 97.9. The molecule has 0 N–H and O–H groups in total. The first kappa shape index (κ1) is 88.8. The monoisotopic (exact) mass is 1960 g/mol. The van der Waals surface area contributed by atoms with Crippen LogP contribution in [0.5, 0.6) is 0 Å².